The first-order valence-corrected chi connectivity index (χ1v) is 8.28. The van der Waals surface area contributed by atoms with Crippen LogP contribution in [0.25, 0.3) is 0 Å². The van der Waals surface area contributed by atoms with Crippen LogP contribution in [-0.2, 0) is 10.1 Å². The fourth-order valence-corrected chi connectivity index (χ4v) is 3.03. The second-order valence-electron chi connectivity index (χ2n) is 4.34. The van der Waals surface area contributed by atoms with E-state index in [1.54, 1.807) is 0 Å². The largest absolute Gasteiger partial charge is 0.497 e. The average Bonchev–Trinajstić information content (AvgIpc) is 2.49. The molecule has 0 aliphatic rings. The van der Waals surface area contributed by atoms with Gasteiger partial charge in [0.15, 0.2) is 5.75 Å². The van der Waals surface area contributed by atoms with Crippen molar-refractivity contribution in [1.29, 1.82) is 0 Å². The summed E-state index contributed by atoms with van der Waals surface area (Å²) >= 11 is 11.6. The Bertz CT molecular complexity index is 867. The summed E-state index contributed by atoms with van der Waals surface area (Å²) in [6.07, 6.45) is 0. The lowest BCUT2D eigenvalue weighted by atomic mass is 10.2. The first-order valence-electron chi connectivity index (χ1n) is 6.12. The molecule has 0 saturated carbocycles. The van der Waals surface area contributed by atoms with Crippen molar-refractivity contribution in [1.82, 2.24) is 0 Å². The molecule has 0 fully saturated rings. The van der Waals surface area contributed by atoms with Gasteiger partial charge < -0.3 is 14.7 Å². The molecule has 2 aromatic carbocycles. The van der Waals surface area contributed by atoms with Crippen molar-refractivity contribution < 1.29 is 22.1 Å². The molecule has 0 radical (unpaired) electrons. The lowest BCUT2D eigenvalue weighted by Crippen LogP contribution is -2.16. The third-order valence-corrected chi connectivity index (χ3v) is 4.80. The Hall–Kier alpha value is -1.96. The molecule has 2 aromatic rings. The van der Waals surface area contributed by atoms with Crippen molar-refractivity contribution in [2.45, 2.75) is 4.90 Å². The van der Waals surface area contributed by atoms with Crippen LogP contribution >= 0.6 is 23.2 Å². The third-order valence-electron chi connectivity index (χ3n) is 2.83. The number of primary amides is 1. The van der Waals surface area contributed by atoms with Crippen molar-refractivity contribution in [3.05, 3.63) is 52.0 Å². The summed E-state index contributed by atoms with van der Waals surface area (Å²) in [5.74, 6) is -0.788. The van der Waals surface area contributed by atoms with Gasteiger partial charge in [0.05, 0.1) is 22.7 Å². The van der Waals surface area contributed by atoms with E-state index in [1.807, 2.05) is 0 Å². The van der Waals surface area contributed by atoms with Gasteiger partial charge in [-0.2, -0.15) is 8.42 Å². The van der Waals surface area contributed by atoms with Gasteiger partial charge >= 0.3 is 10.1 Å². The molecule has 2 N–H and O–H groups in total. The number of ether oxygens (including phenoxy) is 1. The molecule has 0 aromatic heterocycles. The minimum atomic E-state index is -4.24. The van der Waals surface area contributed by atoms with Gasteiger partial charge in [-0.1, -0.05) is 23.2 Å². The Morgan fingerprint density at radius 3 is 2.35 bits per heavy atom. The molecule has 0 aliphatic carbocycles. The molecule has 122 valence electrons. The summed E-state index contributed by atoms with van der Waals surface area (Å²) in [7, 11) is -2.85. The maximum absolute atomic E-state index is 12.3. The number of hydrogen-bond acceptors (Lipinski definition) is 5. The van der Waals surface area contributed by atoms with Crippen LogP contribution in [0.4, 0.5) is 0 Å². The molecular weight excluding hydrogens is 365 g/mol. The molecule has 23 heavy (non-hydrogen) atoms. The topological polar surface area (TPSA) is 95.7 Å². The number of carbonyl (C=O) groups excluding carboxylic acids is 1. The van der Waals surface area contributed by atoms with Crippen molar-refractivity contribution in [2.24, 2.45) is 5.73 Å². The zero-order valence-electron chi connectivity index (χ0n) is 11.7. The number of benzene rings is 2. The van der Waals surface area contributed by atoms with Crippen molar-refractivity contribution in [3.8, 4) is 11.5 Å². The second kappa shape index (κ2) is 6.66. The number of methoxy groups -OCH3 is 1. The van der Waals surface area contributed by atoms with E-state index in [-0.39, 0.29) is 26.3 Å². The zero-order valence-corrected chi connectivity index (χ0v) is 14.1. The van der Waals surface area contributed by atoms with E-state index < -0.39 is 16.0 Å². The summed E-state index contributed by atoms with van der Waals surface area (Å²) < 4.78 is 34.6. The number of nitrogens with two attached hydrogens (primary N) is 1. The van der Waals surface area contributed by atoms with Gasteiger partial charge in [-0.15, -0.1) is 0 Å². The molecule has 0 bridgehead atoms. The Labute approximate surface area is 142 Å². The van der Waals surface area contributed by atoms with Gasteiger partial charge in [0.2, 0.25) is 0 Å². The number of rotatable bonds is 5. The van der Waals surface area contributed by atoms with E-state index in [4.69, 9.17) is 37.9 Å². The summed E-state index contributed by atoms with van der Waals surface area (Å²) in [5, 5.41) is 0.252. The van der Waals surface area contributed by atoms with E-state index in [0.717, 1.165) is 6.07 Å². The number of carbonyl (C=O) groups is 1. The molecule has 0 aliphatic heterocycles. The average molecular weight is 376 g/mol. The summed E-state index contributed by atoms with van der Waals surface area (Å²) in [4.78, 5) is 11.2. The van der Waals surface area contributed by atoms with Gasteiger partial charge in [-0.05, 0) is 30.3 Å². The van der Waals surface area contributed by atoms with Crippen LogP contribution in [0.2, 0.25) is 10.0 Å². The fraction of sp³-hybridized carbons (Fsp3) is 0.0714. The van der Waals surface area contributed by atoms with E-state index in [1.165, 1.54) is 37.4 Å². The van der Waals surface area contributed by atoms with Crippen LogP contribution in [0.15, 0.2) is 41.3 Å². The summed E-state index contributed by atoms with van der Waals surface area (Å²) in [5.41, 5.74) is 5.11. The fourth-order valence-electron chi connectivity index (χ4n) is 1.70. The smallest absolute Gasteiger partial charge is 0.339 e. The lowest BCUT2D eigenvalue weighted by Gasteiger charge is -2.11. The number of hydrogen-bond donors (Lipinski definition) is 1. The van der Waals surface area contributed by atoms with Gasteiger partial charge in [0.25, 0.3) is 5.91 Å². The summed E-state index contributed by atoms with van der Waals surface area (Å²) in [6.45, 7) is 0. The van der Waals surface area contributed by atoms with Crippen LogP contribution in [0.3, 0.4) is 0 Å². The molecule has 1 amide bonds. The zero-order chi connectivity index (χ0) is 17.2. The molecular formula is C14H11Cl2NO5S. The highest BCUT2D eigenvalue weighted by Gasteiger charge is 2.22. The Morgan fingerprint density at radius 1 is 1.09 bits per heavy atom. The quantitative estimate of drug-likeness (QED) is 0.810. The van der Waals surface area contributed by atoms with Crippen LogP contribution in [-0.4, -0.2) is 21.4 Å². The van der Waals surface area contributed by atoms with Crippen LogP contribution in [0.1, 0.15) is 10.4 Å². The molecule has 0 saturated heterocycles. The van der Waals surface area contributed by atoms with Crippen molar-refractivity contribution in [3.63, 3.8) is 0 Å². The monoisotopic (exact) mass is 375 g/mol. The Morgan fingerprint density at radius 2 is 1.78 bits per heavy atom. The van der Waals surface area contributed by atoms with Crippen LogP contribution in [0, 0.1) is 0 Å². The van der Waals surface area contributed by atoms with Crippen molar-refractivity contribution in [2.75, 3.05) is 7.11 Å². The predicted molar refractivity (Wildman–Crippen MR) is 85.8 cm³/mol. The minimum Gasteiger partial charge on any atom is -0.497 e. The standard InChI is InChI=1S/C14H11Cl2NO5S/c1-21-8-2-4-10(14(17)18)13(6-8)22-23(19,20)9-3-5-11(15)12(16)7-9/h2-7H,1H3,(H2,17,18). The maximum Gasteiger partial charge on any atom is 0.339 e. The first kappa shape index (κ1) is 17.4. The summed E-state index contributed by atoms with van der Waals surface area (Å²) in [6, 6.07) is 7.70. The first-order chi connectivity index (χ1) is 10.7. The van der Waals surface area contributed by atoms with Gasteiger partial charge in [-0.3, -0.25) is 4.79 Å². The maximum atomic E-state index is 12.3. The molecule has 2 rings (SSSR count). The van der Waals surface area contributed by atoms with E-state index >= 15 is 0 Å². The van der Waals surface area contributed by atoms with E-state index in [0.29, 0.717) is 5.75 Å². The number of amides is 1. The number of halogens is 2. The molecule has 0 unspecified atom stereocenters. The predicted octanol–water partition coefficient (Wildman–Crippen LogP) is 2.87. The SMILES string of the molecule is COc1ccc(C(N)=O)c(OS(=O)(=O)c2ccc(Cl)c(Cl)c2)c1. The molecule has 0 atom stereocenters. The molecule has 6 nitrogen and oxygen atoms in total. The Balaban J connectivity index is 2.47. The highest BCUT2D eigenvalue weighted by molar-refractivity contribution is 7.87. The molecule has 0 heterocycles. The van der Waals surface area contributed by atoms with Gasteiger partial charge in [0, 0.05) is 6.07 Å². The third kappa shape index (κ3) is 3.87. The molecule has 0 spiro atoms. The normalized spacial score (nSPS) is 11.1. The Kier molecular flexibility index (Phi) is 5.03. The van der Waals surface area contributed by atoms with E-state index in [9.17, 15) is 13.2 Å². The molecule has 9 heteroatoms. The minimum absolute atomic E-state index is 0.0529. The van der Waals surface area contributed by atoms with Crippen LogP contribution < -0.4 is 14.7 Å². The highest BCUT2D eigenvalue weighted by Crippen LogP contribution is 2.30. The lowest BCUT2D eigenvalue weighted by molar-refractivity contribution is 0.0999. The second-order valence-corrected chi connectivity index (χ2v) is 6.70. The van der Waals surface area contributed by atoms with E-state index in [2.05, 4.69) is 0 Å². The van der Waals surface area contributed by atoms with Gasteiger partial charge in [0.1, 0.15) is 10.6 Å². The highest BCUT2D eigenvalue weighted by atomic mass is 35.5. The van der Waals surface area contributed by atoms with Crippen molar-refractivity contribution >= 4 is 39.2 Å². The van der Waals surface area contributed by atoms with Crippen LogP contribution in [0.5, 0.6) is 11.5 Å². The van der Waals surface area contributed by atoms with Gasteiger partial charge in [-0.25, -0.2) is 0 Å².